The zero-order chi connectivity index (χ0) is 27.9. The van der Waals surface area contributed by atoms with Crippen LogP contribution in [0.15, 0.2) is 24.3 Å². The number of aryl methyl sites for hydroxylation is 1. The molecule has 0 fully saturated rings. The minimum atomic E-state index is -5.32. The Morgan fingerprint density at radius 1 is 1.11 bits per heavy atom. The van der Waals surface area contributed by atoms with Gasteiger partial charge in [-0.3, -0.25) is 9.89 Å². The number of pyridine rings is 1. The summed E-state index contributed by atoms with van der Waals surface area (Å²) < 4.78 is 112. The third kappa shape index (κ3) is 6.10. The van der Waals surface area contributed by atoms with E-state index in [2.05, 4.69) is 20.5 Å². The maximum Gasteiger partial charge on any atom is 0.425 e. The van der Waals surface area contributed by atoms with Crippen LogP contribution in [-0.4, -0.2) is 44.7 Å². The van der Waals surface area contributed by atoms with Gasteiger partial charge in [-0.05, 0) is 38.1 Å². The van der Waals surface area contributed by atoms with Crippen LogP contribution in [0, 0.1) is 18.6 Å². The van der Waals surface area contributed by atoms with Crippen LogP contribution in [0.3, 0.4) is 0 Å². The van der Waals surface area contributed by atoms with Crippen LogP contribution in [0.25, 0.3) is 11.3 Å². The maximum atomic E-state index is 15.0. The molecule has 0 saturated carbocycles. The fourth-order valence-electron chi connectivity index (χ4n) is 2.96. The van der Waals surface area contributed by atoms with Crippen molar-refractivity contribution in [2.24, 2.45) is 0 Å². The van der Waals surface area contributed by atoms with E-state index in [-0.39, 0.29) is 16.5 Å². The normalized spacial score (nSPS) is 13.8. The third-order valence-corrected chi connectivity index (χ3v) is 5.21. The zero-order valence-corrected chi connectivity index (χ0v) is 19.3. The van der Waals surface area contributed by atoms with Crippen molar-refractivity contribution in [1.29, 1.82) is 0 Å². The number of amides is 1. The Morgan fingerprint density at radius 3 is 2.30 bits per heavy atom. The van der Waals surface area contributed by atoms with E-state index in [4.69, 9.17) is 16.3 Å². The molecule has 3 rings (SSSR count). The monoisotopic (exact) mass is 558 g/mol. The highest BCUT2D eigenvalue weighted by atomic mass is 35.5. The molecule has 2 atom stereocenters. The quantitative estimate of drug-likeness (QED) is 0.328. The van der Waals surface area contributed by atoms with Gasteiger partial charge in [0.15, 0.2) is 17.4 Å². The van der Waals surface area contributed by atoms with Crippen molar-refractivity contribution < 1.29 is 49.8 Å². The third-order valence-electron chi connectivity index (χ3n) is 4.94. The Bertz CT molecular complexity index is 1310. The number of hydrogen-bond donors (Lipinski definition) is 3. The summed E-state index contributed by atoms with van der Waals surface area (Å²) in [4.78, 5) is 16.1. The predicted octanol–water partition coefficient (Wildman–Crippen LogP) is 5.89. The number of hydrogen-bond acceptors (Lipinski definition) is 5. The highest BCUT2D eigenvalue weighted by Gasteiger charge is 2.42. The van der Waals surface area contributed by atoms with Crippen LogP contribution in [-0.2, 0) is 0 Å². The number of aliphatic hydroxyl groups is 1. The lowest BCUT2D eigenvalue weighted by Crippen LogP contribution is -2.32. The molecule has 7 nitrogen and oxygen atoms in total. The van der Waals surface area contributed by atoms with Crippen LogP contribution >= 0.6 is 11.6 Å². The minimum Gasteiger partial charge on any atom is -0.480 e. The Balaban J connectivity index is 2.13. The molecule has 0 bridgehead atoms. The number of H-pyrrole nitrogens is 1. The molecular weight excluding hydrogens is 544 g/mol. The van der Waals surface area contributed by atoms with Crippen LogP contribution in [0.2, 0.25) is 5.15 Å². The Kier molecular flexibility index (Phi) is 7.69. The lowest BCUT2D eigenvalue weighted by atomic mass is 10.0. The molecule has 2 heterocycles. The Morgan fingerprint density at radius 2 is 1.76 bits per heavy atom. The van der Waals surface area contributed by atoms with E-state index < -0.39 is 70.4 Å². The summed E-state index contributed by atoms with van der Waals surface area (Å²) in [7, 11) is 0. The average Bonchev–Trinajstić information content (AvgIpc) is 3.10. The first-order valence-corrected chi connectivity index (χ1v) is 10.4. The maximum absolute atomic E-state index is 15.0. The first-order valence-electron chi connectivity index (χ1n) is 10.0. The summed E-state index contributed by atoms with van der Waals surface area (Å²) in [5, 5.41) is 17.5. The van der Waals surface area contributed by atoms with Crippen LogP contribution < -0.4 is 10.1 Å². The summed E-state index contributed by atoms with van der Waals surface area (Å²) in [5.74, 6) is -4.90. The smallest absolute Gasteiger partial charge is 0.425 e. The van der Waals surface area contributed by atoms with Gasteiger partial charge in [-0.1, -0.05) is 11.6 Å². The fourth-order valence-corrected chi connectivity index (χ4v) is 3.19. The average molecular weight is 559 g/mol. The highest BCUT2D eigenvalue weighted by molar-refractivity contribution is 6.33. The number of anilines is 1. The van der Waals surface area contributed by atoms with Gasteiger partial charge in [0.25, 0.3) is 5.91 Å². The van der Waals surface area contributed by atoms with Crippen molar-refractivity contribution in [1.82, 2.24) is 15.2 Å². The second-order valence-corrected chi connectivity index (χ2v) is 7.96. The lowest BCUT2D eigenvalue weighted by Gasteiger charge is -2.21. The van der Waals surface area contributed by atoms with Gasteiger partial charge in [0.2, 0.25) is 0 Å². The van der Waals surface area contributed by atoms with Gasteiger partial charge in [0.05, 0.1) is 17.0 Å². The van der Waals surface area contributed by atoms with E-state index in [1.54, 1.807) is 0 Å². The molecule has 1 amide bonds. The molecule has 3 N–H and O–H groups in total. The number of rotatable bonds is 6. The molecule has 16 heteroatoms. The number of halogens is 9. The number of aromatic amines is 1. The van der Waals surface area contributed by atoms with Crippen molar-refractivity contribution in [3.05, 3.63) is 58.0 Å². The molecule has 1 aromatic carbocycles. The highest BCUT2D eigenvalue weighted by Crippen LogP contribution is 2.37. The van der Waals surface area contributed by atoms with Crippen molar-refractivity contribution in [3.8, 4) is 17.0 Å². The van der Waals surface area contributed by atoms with Crippen LogP contribution in [0.1, 0.15) is 34.8 Å². The van der Waals surface area contributed by atoms with Crippen molar-refractivity contribution in [3.63, 3.8) is 0 Å². The van der Waals surface area contributed by atoms with E-state index in [1.807, 2.05) is 0 Å². The van der Waals surface area contributed by atoms with Gasteiger partial charge in [0, 0.05) is 5.56 Å². The number of ether oxygens (including phenoxy) is 1. The Labute approximate surface area is 207 Å². The van der Waals surface area contributed by atoms with Crippen molar-refractivity contribution in [2.75, 3.05) is 5.32 Å². The minimum absolute atomic E-state index is 0.0584. The van der Waals surface area contributed by atoms with E-state index in [9.17, 15) is 40.6 Å². The largest absolute Gasteiger partial charge is 0.480 e. The fraction of sp³-hybridized carbons (Fsp3) is 0.286. The number of aliphatic hydroxyl groups excluding tert-OH is 1. The summed E-state index contributed by atoms with van der Waals surface area (Å²) in [6, 6.07) is 2.22. The molecule has 37 heavy (non-hydrogen) atoms. The number of nitrogens with zero attached hydrogens (tertiary/aromatic N) is 2. The number of nitrogens with one attached hydrogen (secondary N) is 2. The van der Waals surface area contributed by atoms with Crippen LogP contribution in [0.4, 0.5) is 40.8 Å². The van der Waals surface area contributed by atoms with E-state index in [1.165, 1.54) is 6.92 Å². The zero-order valence-electron chi connectivity index (χ0n) is 18.5. The van der Waals surface area contributed by atoms with Gasteiger partial charge in [-0.15, -0.1) is 0 Å². The number of benzene rings is 1. The SMILES string of the molecule is Cc1[nH]nc(Cl)c1NC(=O)c1cc(F)c(-c2ccc(F)c(C(O)C(F)(F)F)n2)cc1O[C@@H](C)C(F)(F)F. The Hall–Kier alpha value is -3.46. The number of alkyl halides is 6. The standard InChI is InChI=1S/C21H15ClF8N4O3/c1-7-15(18(22)34-33-7)32-19(36)10-5-12(24)9(6-14(10)37-8(2)20(25,26)27)13-4-3-11(23)16(31-13)17(35)21(28,29)30/h3-6,8,17,35H,1-2H3,(H,32,36)(H,33,34)/t8-,17?/m0/s1. The molecule has 200 valence electrons. The van der Waals surface area contributed by atoms with E-state index in [0.29, 0.717) is 25.1 Å². The molecule has 0 aliphatic heterocycles. The van der Waals surface area contributed by atoms with Gasteiger partial charge in [-0.2, -0.15) is 31.4 Å². The lowest BCUT2D eigenvalue weighted by molar-refractivity contribution is -0.208. The predicted molar refractivity (Wildman–Crippen MR) is 113 cm³/mol. The topological polar surface area (TPSA) is 100 Å². The molecule has 0 spiro atoms. The number of carbonyl (C=O) groups excluding carboxylic acids is 1. The van der Waals surface area contributed by atoms with E-state index in [0.717, 1.165) is 6.07 Å². The molecule has 0 radical (unpaired) electrons. The number of aromatic nitrogens is 3. The first-order chi connectivity index (χ1) is 17.0. The van der Waals surface area contributed by atoms with Gasteiger partial charge in [0.1, 0.15) is 28.8 Å². The number of carbonyl (C=O) groups is 1. The molecule has 0 saturated heterocycles. The van der Waals surface area contributed by atoms with E-state index >= 15 is 4.39 Å². The summed E-state index contributed by atoms with van der Waals surface area (Å²) in [6.07, 6.45) is -16.1. The molecular formula is C21H15ClF8N4O3. The first kappa shape index (κ1) is 28.1. The summed E-state index contributed by atoms with van der Waals surface area (Å²) >= 11 is 5.83. The van der Waals surface area contributed by atoms with Crippen molar-refractivity contribution >= 4 is 23.2 Å². The molecule has 2 aromatic heterocycles. The molecule has 0 aliphatic rings. The second kappa shape index (κ2) is 10.1. The van der Waals surface area contributed by atoms with Gasteiger partial charge in [-0.25, -0.2) is 13.8 Å². The molecule has 1 unspecified atom stereocenters. The second-order valence-electron chi connectivity index (χ2n) is 7.61. The van der Waals surface area contributed by atoms with Gasteiger partial charge < -0.3 is 15.2 Å². The summed E-state index contributed by atoms with van der Waals surface area (Å²) in [5.41, 5.74) is -3.48. The molecule has 0 aliphatic carbocycles. The van der Waals surface area contributed by atoms with Crippen molar-refractivity contribution in [2.45, 2.75) is 38.4 Å². The summed E-state index contributed by atoms with van der Waals surface area (Å²) in [6.45, 7) is 2.05. The van der Waals surface area contributed by atoms with Crippen LogP contribution in [0.5, 0.6) is 5.75 Å². The van der Waals surface area contributed by atoms with Gasteiger partial charge >= 0.3 is 12.4 Å². The molecule has 3 aromatic rings.